The van der Waals surface area contributed by atoms with Crippen LogP contribution in [-0.2, 0) is 4.79 Å². The number of likely N-dealkylation sites (tertiary alicyclic amines) is 1. The molecule has 10 nitrogen and oxygen atoms in total. The number of hydrogen-bond donors (Lipinski definition) is 1. The van der Waals surface area contributed by atoms with Crippen molar-refractivity contribution in [2.24, 2.45) is 0 Å². The van der Waals surface area contributed by atoms with Crippen molar-refractivity contribution in [1.29, 1.82) is 0 Å². The summed E-state index contributed by atoms with van der Waals surface area (Å²) in [4.78, 5) is 16.7. The monoisotopic (exact) mass is 524 g/mol. The quantitative estimate of drug-likeness (QED) is 0.386. The number of aromatic nitrogens is 6. The summed E-state index contributed by atoms with van der Waals surface area (Å²) in [5.74, 6) is -4.85. The Balaban J connectivity index is 1.57. The number of carbonyl (C=O) groups excluding carboxylic acids is 1. The molecule has 4 aromatic rings. The molecular weight excluding hydrogens is 503 g/mol. The van der Waals surface area contributed by atoms with Gasteiger partial charge in [0.25, 0.3) is 12.3 Å². The lowest BCUT2D eigenvalue weighted by Crippen LogP contribution is -2.38. The molecule has 1 saturated heterocycles. The highest BCUT2D eigenvalue weighted by atomic mass is 19.3. The zero-order valence-corrected chi connectivity index (χ0v) is 19.8. The van der Waals surface area contributed by atoms with E-state index in [9.17, 15) is 22.4 Å². The molecule has 0 radical (unpaired) electrons. The molecule has 0 saturated carbocycles. The summed E-state index contributed by atoms with van der Waals surface area (Å²) in [5, 5.41) is 14.3. The highest BCUT2D eigenvalue weighted by Crippen LogP contribution is 2.36. The Morgan fingerprint density at radius 2 is 2.05 bits per heavy atom. The minimum Gasteiger partial charge on any atom is -0.479 e. The summed E-state index contributed by atoms with van der Waals surface area (Å²) in [5.41, 5.74) is 0.998. The first-order valence-electron chi connectivity index (χ1n) is 11.2. The van der Waals surface area contributed by atoms with E-state index in [1.807, 2.05) is 0 Å². The Morgan fingerprint density at radius 3 is 2.70 bits per heavy atom. The van der Waals surface area contributed by atoms with Gasteiger partial charge in [0.2, 0.25) is 17.7 Å². The molecule has 1 amide bonds. The number of anilines is 1. The molecule has 1 aliphatic heterocycles. The number of amides is 1. The molecule has 0 spiro atoms. The second kappa shape index (κ2) is 8.81. The van der Waals surface area contributed by atoms with Crippen molar-refractivity contribution >= 4 is 28.4 Å². The van der Waals surface area contributed by atoms with Gasteiger partial charge in [0, 0.05) is 13.5 Å². The van der Waals surface area contributed by atoms with Crippen molar-refractivity contribution in [2.75, 3.05) is 25.5 Å². The van der Waals surface area contributed by atoms with E-state index in [1.165, 1.54) is 39.2 Å². The highest BCUT2D eigenvalue weighted by Gasteiger charge is 2.49. The maximum atomic E-state index is 15.2. The fourth-order valence-electron chi connectivity index (χ4n) is 4.33. The Morgan fingerprint density at radius 1 is 1.30 bits per heavy atom. The topological polar surface area (TPSA) is 102 Å². The number of benzene rings is 1. The fraction of sp³-hybridized carbons (Fsp3) is 0.409. The van der Waals surface area contributed by atoms with Crippen molar-refractivity contribution in [3.05, 3.63) is 30.2 Å². The van der Waals surface area contributed by atoms with Gasteiger partial charge in [-0.05, 0) is 24.6 Å². The molecule has 0 bridgehead atoms. The molecular formula is C22H21F5N8O2. The number of fused-ring (bicyclic) bond motifs is 2. The molecule has 0 unspecified atom stereocenters. The first-order chi connectivity index (χ1) is 17.5. The van der Waals surface area contributed by atoms with Gasteiger partial charge in [-0.3, -0.25) is 4.79 Å². The first kappa shape index (κ1) is 24.6. The summed E-state index contributed by atoms with van der Waals surface area (Å²) in [6.45, 7) is 1.47. The van der Waals surface area contributed by atoms with Crippen molar-refractivity contribution in [2.45, 2.75) is 38.3 Å². The predicted molar refractivity (Wildman–Crippen MR) is 121 cm³/mol. The van der Waals surface area contributed by atoms with E-state index in [1.54, 1.807) is 0 Å². The molecule has 4 heterocycles. The number of nitrogens with one attached hydrogen (secondary N) is 1. The summed E-state index contributed by atoms with van der Waals surface area (Å²) >= 11 is 0. The molecule has 1 fully saturated rings. The smallest absolute Gasteiger partial charge is 0.286 e. The summed E-state index contributed by atoms with van der Waals surface area (Å²) in [7, 11) is 1.27. The summed E-state index contributed by atoms with van der Waals surface area (Å²) in [6.07, 6.45) is -1.68. The number of nitrogens with zero attached hydrogens (tertiary/aromatic N) is 7. The van der Waals surface area contributed by atoms with Crippen molar-refractivity contribution in [1.82, 2.24) is 34.5 Å². The van der Waals surface area contributed by atoms with E-state index in [4.69, 9.17) is 4.74 Å². The SMILES string of the molecule is COc1nc(N[C@@H]2CN(C(C)=O)CC2(F)F)nn2cc(F)c(-c3ccc4nnn([C@H](C)C(F)F)c4c3)c12. The predicted octanol–water partition coefficient (Wildman–Crippen LogP) is 3.39. The van der Waals surface area contributed by atoms with Gasteiger partial charge in [0.05, 0.1) is 30.9 Å². The lowest BCUT2D eigenvalue weighted by Gasteiger charge is -2.19. The summed E-state index contributed by atoms with van der Waals surface area (Å²) in [6, 6.07) is 1.78. The van der Waals surface area contributed by atoms with Crippen molar-refractivity contribution in [3.8, 4) is 17.0 Å². The van der Waals surface area contributed by atoms with E-state index < -0.39 is 42.7 Å². The molecule has 3 aromatic heterocycles. The van der Waals surface area contributed by atoms with E-state index >= 15 is 4.39 Å². The zero-order chi connectivity index (χ0) is 26.6. The van der Waals surface area contributed by atoms with Crippen LogP contribution in [0.4, 0.5) is 27.9 Å². The lowest BCUT2D eigenvalue weighted by molar-refractivity contribution is -0.129. The van der Waals surface area contributed by atoms with Gasteiger partial charge in [-0.1, -0.05) is 11.3 Å². The maximum Gasteiger partial charge on any atom is 0.286 e. The van der Waals surface area contributed by atoms with Crippen LogP contribution in [0.2, 0.25) is 0 Å². The number of alkyl halides is 4. The Bertz CT molecular complexity index is 1500. The Hall–Kier alpha value is -4.04. The standard InChI is InChI=1S/C22H21F5N8O2/c1-10(19(24)25)35-15-6-12(4-5-14(15)30-32-35)17-13(23)7-34-18(17)20(37-3)29-21(31-34)28-16-8-33(11(2)36)9-22(16,26)27/h4-7,10,16,19H,8-9H2,1-3H3,(H,28,31)/t10-,16-/m1/s1. The number of ether oxygens (including phenoxy) is 1. The van der Waals surface area contributed by atoms with Crippen LogP contribution < -0.4 is 10.1 Å². The molecule has 0 aliphatic carbocycles. The molecule has 2 atom stereocenters. The molecule has 37 heavy (non-hydrogen) atoms. The van der Waals surface area contributed by atoms with E-state index in [2.05, 4.69) is 25.7 Å². The van der Waals surface area contributed by atoms with E-state index in [-0.39, 0.29) is 35.0 Å². The first-order valence-corrected chi connectivity index (χ1v) is 11.2. The van der Waals surface area contributed by atoms with Crippen molar-refractivity contribution in [3.63, 3.8) is 0 Å². The van der Waals surface area contributed by atoms with Crippen LogP contribution in [0.15, 0.2) is 24.4 Å². The molecule has 1 N–H and O–H groups in total. The molecule has 1 aromatic carbocycles. The average molecular weight is 524 g/mol. The number of rotatable bonds is 6. The van der Waals surface area contributed by atoms with Crippen LogP contribution in [-0.4, -0.2) is 79.0 Å². The van der Waals surface area contributed by atoms with Crippen LogP contribution in [0.1, 0.15) is 19.9 Å². The second-order valence-corrected chi connectivity index (χ2v) is 8.76. The minimum absolute atomic E-state index is 0.0108. The van der Waals surface area contributed by atoms with Crippen LogP contribution >= 0.6 is 0 Å². The average Bonchev–Trinajstić information content (AvgIpc) is 3.50. The minimum atomic E-state index is -3.24. The van der Waals surface area contributed by atoms with Gasteiger partial charge in [0.1, 0.15) is 23.1 Å². The van der Waals surface area contributed by atoms with Gasteiger partial charge >= 0.3 is 0 Å². The molecule has 5 rings (SSSR count). The fourth-order valence-corrected chi connectivity index (χ4v) is 4.33. The number of carbonyl (C=O) groups is 1. The Kier molecular flexibility index (Phi) is 5.87. The molecule has 15 heteroatoms. The third kappa shape index (κ3) is 4.17. The third-order valence-corrected chi connectivity index (χ3v) is 6.32. The maximum absolute atomic E-state index is 15.2. The van der Waals surface area contributed by atoms with Gasteiger partial charge in [-0.15, -0.1) is 10.2 Å². The number of halogens is 5. The molecule has 196 valence electrons. The van der Waals surface area contributed by atoms with Gasteiger partial charge < -0.3 is 15.0 Å². The highest BCUT2D eigenvalue weighted by molar-refractivity contribution is 5.90. The second-order valence-electron chi connectivity index (χ2n) is 8.76. The largest absolute Gasteiger partial charge is 0.479 e. The van der Waals surface area contributed by atoms with E-state index in [0.29, 0.717) is 11.1 Å². The van der Waals surface area contributed by atoms with Gasteiger partial charge in [-0.25, -0.2) is 31.1 Å². The van der Waals surface area contributed by atoms with Gasteiger partial charge in [0.15, 0.2) is 5.82 Å². The van der Waals surface area contributed by atoms with Gasteiger partial charge in [-0.2, -0.15) is 4.98 Å². The lowest BCUT2D eigenvalue weighted by atomic mass is 10.1. The zero-order valence-electron chi connectivity index (χ0n) is 19.8. The van der Waals surface area contributed by atoms with Crippen LogP contribution in [0.3, 0.4) is 0 Å². The van der Waals surface area contributed by atoms with Crippen LogP contribution in [0, 0.1) is 5.82 Å². The number of hydrogen-bond acceptors (Lipinski definition) is 7. The summed E-state index contributed by atoms with van der Waals surface area (Å²) < 4.78 is 78.2. The van der Waals surface area contributed by atoms with E-state index in [0.717, 1.165) is 20.3 Å². The normalized spacial score (nSPS) is 18.2. The Labute approximate surface area is 206 Å². The third-order valence-electron chi connectivity index (χ3n) is 6.32. The van der Waals surface area contributed by atoms with Crippen LogP contribution in [0.25, 0.3) is 27.7 Å². The van der Waals surface area contributed by atoms with Crippen LogP contribution in [0.5, 0.6) is 5.88 Å². The van der Waals surface area contributed by atoms with Crippen molar-refractivity contribution < 1.29 is 31.5 Å². The molecule has 1 aliphatic rings. The number of methoxy groups -OCH3 is 1.